The van der Waals surface area contributed by atoms with Crippen molar-refractivity contribution < 1.29 is 28.8 Å². The highest BCUT2D eigenvalue weighted by Gasteiger charge is 2.28. The fourth-order valence-corrected chi connectivity index (χ4v) is 4.05. The predicted molar refractivity (Wildman–Crippen MR) is 134 cm³/mol. The molecule has 1 N–H and O–H groups in total. The Bertz CT molecular complexity index is 1170. The Morgan fingerprint density at radius 3 is 2.54 bits per heavy atom. The summed E-state index contributed by atoms with van der Waals surface area (Å²) in [5.41, 5.74) is 2.80. The first-order chi connectivity index (χ1) is 16.9. The Hall–Kier alpha value is -3.51. The SMILES string of the molecule is CCOc1ccc(C(=O)COc2cc3c(cc2CO)CCC(C)(C)O3)c(OCc2ccccc2)c1. The van der Waals surface area contributed by atoms with Crippen molar-refractivity contribution in [1.82, 2.24) is 0 Å². The van der Waals surface area contributed by atoms with Gasteiger partial charge in [0.05, 0.1) is 18.8 Å². The minimum absolute atomic E-state index is 0.186. The lowest BCUT2D eigenvalue weighted by molar-refractivity contribution is 0.0830. The van der Waals surface area contributed by atoms with Gasteiger partial charge >= 0.3 is 0 Å². The van der Waals surface area contributed by atoms with Crippen LogP contribution in [0.1, 0.15) is 54.2 Å². The molecule has 1 heterocycles. The number of ketones is 1. The van der Waals surface area contributed by atoms with Gasteiger partial charge in [-0.25, -0.2) is 0 Å². The summed E-state index contributed by atoms with van der Waals surface area (Å²) in [6.45, 7) is 6.44. The van der Waals surface area contributed by atoms with E-state index in [1.165, 1.54) is 0 Å². The summed E-state index contributed by atoms with van der Waals surface area (Å²) >= 11 is 0. The molecule has 0 unspecified atom stereocenters. The predicted octanol–water partition coefficient (Wildman–Crippen LogP) is 5.52. The number of Topliss-reactive ketones (excluding diaryl/α,β-unsaturated/α-hetero) is 1. The van der Waals surface area contributed by atoms with Gasteiger partial charge in [0.15, 0.2) is 6.61 Å². The van der Waals surface area contributed by atoms with Crippen LogP contribution in [0.2, 0.25) is 0 Å². The topological polar surface area (TPSA) is 74.2 Å². The van der Waals surface area contributed by atoms with Crippen LogP contribution in [0.3, 0.4) is 0 Å². The van der Waals surface area contributed by atoms with E-state index in [9.17, 15) is 9.90 Å². The molecule has 0 aromatic heterocycles. The molecule has 0 saturated carbocycles. The maximum absolute atomic E-state index is 13.2. The van der Waals surface area contributed by atoms with Crippen LogP contribution >= 0.6 is 0 Å². The molecule has 0 atom stereocenters. The normalized spacial score (nSPS) is 13.9. The Kier molecular flexibility index (Phi) is 7.61. The molecule has 0 aliphatic carbocycles. The van der Waals surface area contributed by atoms with Gasteiger partial charge in [0.2, 0.25) is 5.78 Å². The summed E-state index contributed by atoms with van der Waals surface area (Å²) in [5, 5.41) is 9.87. The summed E-state index contributed by atoms with van der Waals surface area (Å²) < 4.78 is 23.6. The standard InChI is InChI=1S/C29H32O6/c1-4-32-23-10-11-24(28(15-23)33-18-20-8-6-5-7-9-20)25(31)19-34-26-16-27-21(14-22(26)17-30)12-13-29(2,3)35-27/h5-11,14-16,30H,4,12-13,17-19H2,1-3H3. The number of benzene rings is 3. The molecule has 6 heteroatoms. The molecule has 0 amide bonds. The van der Waals surface area contributed by atoms with E-state index in [0.29, 0.717) is 41.6 Å². The lowest BCUT2D eigenvalue weighted by atomic mass is 9.93. The van der Waals surface area contributed by atoms with Crippen molar-refractivity contribution in [2.75, 3.05) is 13.2 Å². The van der Waals surface area contributed by atoms with Gasteiger partial charge in [-0.3, -0.25) is 4.79 Å². The van der Waals surface area contributed by atoms with Gasteiger partial charge in [-0.15, -0.1) is 0 Å². The summed E-state index contributed by atoms with van der Waals surface area (Å²) in [6.07, 6.45) is 1.76. The molecule has 0 spiro atoms. The molecule has 4 rings (SSSR count). The second-order valence-corrected chi connectivity index (χ2v) is 9.16. The fourth-order valence-electron chi connectivity index (χ4n) is 4.05. The van der Waals surface area contributed by atoms with Gasteiger partial charge in [0.1, 0.15) is 35.2 Å². The number of hydrogen-bond acceptors (Lipinski definition) is 6. The minimum Gasteiger partial charge on any atom is -0.494 e. The number of aliphatic hydroxyl groups excluding tert-OH is 1. The highest BCUT2D eigenvalue weighted by Crippen LogP contribution is 2.38. The van der Waals surface area contributed by atoms with Crippen LogP contribution in [0.15, 0.2) is 60.7 Å². The Morgan fingerprint density at radius 1 is 1.00 bits per heavy atom. The summed E-state index contributed by atoms with van der Waals surface area (Å²) in [7, 11) is 0. The highest BCUT2D eigenvalue weighted by molar-refractivity contribution is 6.00. The Morgan fingerprint density at radius 2 is 1.80 bits per heavy atom. The van der Waals surface area contributed by atoms with E-state index in [2.05, 4.69) is 0 Å². The average molecular weight is 477 g/mol. The zero-order chi connectivity index (χ0) is 24.8. The van der Waals surface area contributed by atoms with E-state index in [4.69, 9.17) is 18.9 Å². The average Bonchev–Trinajstić information content (AvgIpc) is 2.86. The summed E-state index contributed by atoms with van der Waals surface area (Å²) in [6, 6.07) is 18.6. The molecule has 3 aromatic carbocycles. The Labute approximate surface area is 206 Å². The van der Waals surface area contributed by atoms with Crippen LogP contribution in [0.4, 0.5) is 0 Å². The first-order valence-electron chi connectivity index (χ1n) is 11.9. The van der Waals surface area contributed by atoms with E-state index in [1.54, 1.807) is 24.3 Å². The maximum Gasteiger partial charge on any atom is 0.203 e. The zero-order valence-electron chi connectivity index (χ0n) is 20.5. The zero-order valence-corrected chi connectivity index (χ0v) is 20.5. The van der Waals surface area contributed by atoms with Crippen LogP contribution in [-0.2, 0) is 19.6 Å². The molecule has 0 fully saturated rings. The Balaban J connectivity index is 1.52. The van der Waals surface area contributed by atoms with Crippen LogP contribution in [-0.4, -0.2) is 29.7 Å². The lowest BCUT2D eigenvalue weighted by Gasteiger charge is -2.33. The van der Waals surface area contributed by atoms with E-state index >= 15 is 0 Å². The summed E-state index contributed by atoms with van der Waals surface area (Å²) in [5.74, 6) is 2.00. The third-order valence-corrected chi connectivity index (χ3v) is 5.96. The molecule has 1 aliphatic rings. The molecular weight excluding hydrogens is 444 g/mol. The monoisotopic (exact) mass is 476 g/mol. The van der Waals surface area contributed by atoms with Gasteiger partial charge in [0.25, 0.3) is 0 Å². The van der Waals surface area contributed by atoms with Crippen molar-refractivity contribution in [1.29, 1.82) is 0 Å². The van der Waals surface area contributed by atoms with Crippen LogP contribution in [0.5, 0.6) is 23.0 Å². The maximum atomic E-state index is 13.2. The second-order valence-electron chi connectivity index (χ2n) is 9.16. The van der Waals surface area contributed by atoms with Gasteiger partial charge in [-0.2, -0.15) is 0 Å². The summed E-state index contributed by atoms with van der Waals surface area (Å²) in [4.78, 5) is 13.2. The lowest BCUT2D eigenvalue weighted by Crippen LogP contribution is -2.32. The molecule has 0 saturated heterocycles. The molecule has 184 valence electrons. The second kappa shape index (κ2) is 10.8. The number of hydrogen-bond donors (Lipinski definition) is 1. The molecule has 6 nitrogen and oxygen atoms in total. The largest absolute Gasteiger partial charge is 0.494 e. The van der Waals surface area contributed by atoms with Crippen molar-refractivity contribution in [2.24, 2.45) is 0 Å². The number of rotatable bonds is 10. The van der Waals surface area contributed by atoms with E-state index in [1.807, 2.05) is 57.2 Å². The smallest absolute Gasteiger partial charge is 0.203 e. The van der Waals surface area contributed by atoms with Gasteiger partial charge in [0, 0.05) is 17.7 Å². The van der Waals surface area contributed by atoms with Crippen LogP contribution in [0, 0.1) is 0 Å². The number of carbonyl (C=O) groups is 1. The van der Waals surface area contributed by atoms with Crippen molar-refractivity contribution in [2.45, 2.75) is 52.4 Å². The molecule has 0 radical (unpaired) electrons. The molecular formula is C29H32O6. The van der Waals surface area contributed by atoms with Gasteiger partial charge in [-0.05, 0) is 62.9 Å². The van der Waals surface area contributed by atoms with Crippen molar-refractivity contribution in [3.63, 3.8) is 0 Å². The van der Waals surface area contributed by atoms with Gasteiger partial charge < -0.3 is 24.1 Å². The van der Waals surface area contributed by atoms with E-state index in [0.717, 1.165) is 29.7 Å². The first-order valence-corrected chi connectivity index (χ1v) is 11.9. The number of carbonyl (C=O) groups excluding carboxylic acids is 1. The molecule has 35 heavy (non-hydrogen) atoms. The molecule has 3 aromatic rings. The third kappa shape index (κ3) is 6.14. The minimum atomic E-state index is -0.270. The van der Waals surface area contributed by atoms with E-state index in [-0.39, 0.29) is 24.6 Å². The quantitative estimate of drug-likeness (QED) is 0.388. The van der Waals surface area contributed by atoms with Crippen molar-refractivity contribution in [3.8, 4) is 23.0 Å². The van der Waals surface area contributed by atoms with Crippen molar-refractivity contribution >= 4 is 5.78 Å². The fraction of sp³-hybridized carbons (Fsp3) is 0.345. The van der Waals surface area contributed by atoms with Gasteiger partial charge in [-0.1, -0.05) is 30.3 Å². The highest BCUT2D eigenvalue weighted by atomic mass is 16.5. The number of aliphatic hydroxyl groups is 1. The first kappa shape index (κ1) is 24.6. The number of aryl methyl sites for hydroxylation is 1. The van der Waals surface area contributed by atoms with Crippen LogP contribution < -0.4 is 18.9 Å². The van der Waals surface area contributed by atoms with E-state index < -0.39 is 0 Å². The number of ether oxygens (including phenoxy) is 4. The van der Waals surface area contributed by atoms with Crippen LogP contribution in [0.25, 0.3) is 0 Å². The number of fused-ring (bicyclic) bond motifs is 1. The molecule has 0 bridgehead atoms. The molecule has 1 aliphatic heterocycles. The third-order valence-electron chi connectivity index (χ3n) is 5.96. The van der Waals surface area contributed by atoms with Crippen molar-refractivity contribution in [3.05, 3.63) is 82.9 Å².